The fourth-order valence-corrected chi connectivity index (χ4v) is 4.12. The molecule has 0 aliphatic carbocycles. The summed E-state index contributed by atoms with van der Waals surface area (Å²) in [7, 11) is 0. The molecule has 6 nitrogen and oxygen atoms in total. The molecule has 3 N–H and O–H groups in total. The first-order chi connectivity index (χ1) is 16.7. The number of nitrogens with zero attached hydrogens (tertiary/aromatic N) is 1. The van der Waals surface area contributed by atoms with Crippen molar-refractivity contribution in [2.24, 2.45) is 0 Å². The average molecular weight is 459 g/mol. The standard InChI is InChI=1S/C28H34N4O2/c1-2-3-4-5-6-7-10-21-13-15-22(16-14-21)20-34-23-17-26(29-18-23)28(33)30-19-27-31-24-11-8-9-12-25(24)32-27/h8-9,11-16,23,26,29H,2-6,17-20H2,1H3,(H,30,33)(H,31,32)/t23-,26+/m1/s1. The normalized spacial score (nSPS) is 17.4. The number of aromatic amines is 1. The molecule has 2 aromatic carbocycles. The maximum atomic E-state index is 12.6. The fraction of sp³-hybridized carbons (Fsp3) is 0.429. The minimum atomic E-state index is -0.246. The SMILES string of the molecule is CCCCCCC#Cc1ccc(CO[C@H]2CN[C@H](C(=O)NCc3nc4ccccc4[nH]3)C2)cc1. The molecule has 0 spiro atoms. The molecule has 1 aromatic heterocycles. The van der Waals surface area contributed by atoms with Crippen LogP contribution in [0, 0.1) is 11.8 Å². The van der Waals surface area contributed by atoms with Gasteiger partial charge in [0.1, 0.15) is 5.82 Å². The van der Waals surface area contributed by atoms with Crippen molar-refractivity contribution in [3.05, 3.63) is 65.5 Å². The summed E-state index contributed by atoms with van der Waals surface area (Å²) < 4.78 is 6.05. The van der Waals surface area contributed by atoms with Gasteiger partial charge in [-0.3, -0.25) is 4.79 Å². The highest BCUT2D eigenvalue weighted by atomic mass is 16.5. The Kier molecular flexibility index (Phi) is 8.72. The topological polar surface area (TPSA) is 79.0 Å². The van der Waals surface area contributed by atoms with Gasteiger partial charge in [-0.05, 0) is 42.7 Å². The first kappa shape index (κ1) is 24.0. The predicted molar refractivity (Wildman–Crippen MR) is 135 cm³/mol. The van der Waals surface area contributed by atoms with Gasteiger partial charge in [-0.1, -0.05) is 62.3 Å². The van der Waals surface area contributed by atoms with Gasteiger partial charge in [-0.15, -0.1) is 0 Å². The maximum Gasteiger partial charge on any atom is 0.237 e. The minimum absolute atomic E-state index is 0.0181. The molecule has 0 radical (unpaired) electrons. The lowest BCUT2D eigenvalue weighted by atomic mass is 10.1. The molecule has 178 valence electrons. The van der Waals surface area contributed by atoms with Gasteiger partial charge in [0.15, 0.2) is 0 Å². The second-order valence-corrected chi connectivity index (χ2v) is 8.86. The van der Waals surface area contributed by atoms with Crippen molar-refractivity contribution >= 4 is 16.9 Å². The molecule has 4 rings (SSSR count). The van der Waals surface area contributed by atoms with Crippen molar-refractivity contribution in [1.82, 2.24) is 20.6 Å². The van der Waals surface area contributed by atoms with E-state index in [0.29, 0.717) is 26.1 Å². The van der Waals surface area contributed by atoms with Crippen LogP contribution >= 0.6 is 0 Å². The van der Waals surface area contributed by atoms with Crippen molar-refractivity contribution in [2.45, 2.75) is 70.7 Å². The quantitative estimate of drug-likeness (QED) is 0.310. The number of hydrogen-bond acceptors (Lipinski definition) is 4. The molecule has 34 heavy (non-hydrogen) atoms. The molecular weight excluding hydrogens is 424 g/mol. The lowest BCUT2D eigenvalue weighted by Crippen LogP contribution is -2.40. The average Bonchev–Trinajstić information content (AvgIpc) is 3.51. The third-order valence-corrected chi connectivity index (χ3v) is 6.10. The number of nitrogens with one attached hydrogen (secondary N) is 3. The molecule has 0 bridgehead atoms. The highest BCUT2D eigenvalue weighted by Crippen LogP contribution is 2.15. The highest BCUT2D eigenvalue weighted by Gasteiger charge is 2.29. The molecule has 0 unspecified atom stereocenters. The lowest BCUT2D eigenvalue weighted by Gasteiger charge is -2.12. The van der Waals surface area contributed by atoms with Gasteiger partial charge in [0.2, 0.25) is 5.91 Å². The zero-order chi connectivity index (χ0) is 23.6. The van der Waals surface area contributed by atoms with Crippen LogP contribution in [-0.4, -0.2) is 34.6 Å². The summed E-state index contributed by atoms with van der Waals surface area (Å²) in [4.78, 5) is 20.3. The number of ether oxygens (including phenoxy) is 1. The summed E-state index contributed by atoms with van der Waals surface area (Å²) in [5.41, 5.74) is 4.04. The Morgan fingerprint density at radius 2 is 2.00 bits per heavy atom. The van der Waals surface area contributed by atoms with Crippen molar-refractivity contribution < 1.29 is 9.53 Å². The number of benzene rings is 2. The Hall–Kier alpha value is -3.14. The zero-order valence-corrected chi connectivity index (χ0v) is 19.9. The van der Waals surface area contributed by atoms with Crippen LogP contribution in [0.2, 0.25) is 0 Å². The van der Waals surface area contributed by atoms with E-state index in [0.717, 1.165) is 34.4 Å². The van der Waals surface area contributed by atoms with Crippen LogP contribution in [0.4, 0.5) is 0 Å². The molecule has 3 aromatic rings. The van der Waals surface area contributed by atoms with Gasteiger partial charge in [0.25, 0.3) is 0 Å². The van der Waals surface area contributed by atoms with Gasteiger partial charge in [0.05, 0.1) is 36.3 Å². The van der Waals surface area contributed by atoms with Gasteiger partial charge in [-0.2, -0.15) is 0 Å². The Morgan fingerprint density at radius 1 is 1.15 bits per heavy atom. The number of fused-ring (bicyclic) bond motifs is 1. The minimum Gasteiger partial charge on any atom is -0.372 e. The number of amides is 1. The second-order valence-electron chi connectivity index (χ2n) is 8.86. The molecule has 1 fully saturated rings. The predicted octanol–water partition coefficient (Wildman–Crippen LogP) is 4.45. The van der Waals surface area contributed by atoms with Gasteiger partial charge in [0, 0.05) is 18.5 Å². The van der Waals surface area contributed by atoms with Crippen molar-refractivity contribution in [3.63, 3.8) is 0 Å². The van der Waals surface area contributed by atoms with Crippen LogP contribution in [0.3, 0.4) is 0 Å². The van der Waals surface area contributed by atoms with Crippen LogP contribution in [-0.2, 0) is 22.7 Å². The number of aromatic nitrogens is 2. The summed E-state index contributed by atoms with van der Waals surface area (Å²) in [6.45, 7) is 3.81. The van der Waals surface area contributed by atoms with Crippen LogP contribution in [0.5, 0.6) is 0 Å². The molecule has 6 heteroatoms. The van der Waals surface area contributed by atoms with Gasteiger partial charge in [-0.25, -0.2) is 4.98 Å². The van der Waals surface area contributed by atoms with E-state index >= 15 is 0 Å². The molecule has 1 aliphatic heterocycles. The largest absolute Gasteiger partial charge is 0.372 e. The van der Waals surface area contributed by atoms with E-state index < -0.39 is 0 Å². The fourth-order valence-electron chi connectivity index (χ4n) is 4.12. The third-order valence-electron chi connectivity index (χ3n) is 6.10. The van der Waals surface area contributed by atoms with Gasteiger partial charge < -0.3 is 20.4 Å². The number of rotatable bonds is 10. The van der Waals surface area contributed by atoms with E-state index in [1.807, 2.05) is 24.3 Å². The third kappa shape index (κ3) is 6.93. The summed E-state index contributed by atoms with van der Waals surface area (Å²) in [6.07, 6.45) is 6.64. The Bertz CT molecular complexity index is 1090. The summed E-state index contributed by atoms with van der Waals surface area (Å²) in [5.74, 6) is 7.24. The summed E-state index contributed by atoms with van der Waals surface area (Å²) in [5, 5.41) is 6.24. The maximum absolute atomic E-state index is 12.6. The number of carbonyl (C=O) groups is 1. The number of H-pyrrole nitrogens is 1. The van der Waals surface area contributed by atoms with Crippen molar-refractivity contribution in [3.8, 4) is 11.8 Å². The summed E-state index contributed by atoms with van der Waals surface area (Å²) >= 11 is 0. The first-order valence-electron chi connectivity index (χ1n) is 12.4. The second kappa shape index (κ2) is 12.4. The molecule has 2 heterocycles. The smallest absolute Gasteiger partial charge is 0.237 e. The van der Waals surface area contributed by atoms with Crippen LogP contribution in [0.25, 0.3) is 11.0 Å². The molecular formula is C28H34N4O2. The molecule has 2 atom stereocenters. The molecule has 1 amide bonds. The van der Waals surface area contributed by atoms with E-state index in [1.165, 1.54) is 25.7 Å². The number of para-hydroxylation sites is 2. The Labute approximate surface area is 201 Å². The number of carbonyl (C=O) groups excluding carboxylic acids is 1. The van der Waals surface area contributed by atoms with E-state index in [-0.39, 0.29) is 18.1 Å². The molecule has 1 saturated heterocycles. The number of hydrogen-bond donors (Lipinski definition) is 3. The highest BCUT2D eigenvalue weighted by molar-refractivity contribution is 5.82. The van der Waals surface area contributed by atoms with E-state index in [4.69, 9.17) is 4.74 Å². The van der Waals surface area contributed by atoms with Crippen LogP contribution < -0.4 is 10.6 Å². The lowest BCUT2D eigenvalue weighted by molar-refractivity contribution is -0.123. The van der Waals surface area contributed by atoms with E-state index in [1.54, 1.807) is 0 Å². The number of imidazole rings is 1. The van der Waals surface area contributed by atoms with Crippen molar-refractivity contribution in [2.75, 3.05) is 6.54 Å². The monoisotopic (exact) mass is 458 g/mol. The van der Waals surface area contributed by atoms with Crippen molar-refractivity contribution in [1.29, 1.82) is 0 Å². The van der Waals surface area contributed by atoms with Crippen LogP contribution in [0.1, 0.15) is 62.4 Å². The van der Waals surface area contributed by atoms with Crippen LogP contribution in [0.15, 0.2) is 48.5 Å². The number of unbranched alkanes of at least 4 members (excludes halogenated alkanes) is 4. The van der Waals surface area contributed by atoms with E-state index in [9.17, 15) is 4.79 Å². The Balaban J connectivity index is 1.16. The molecule has 0 saturated carbocycles. The molecule has 1 aliphatic rings. The first-order valence-corrected chi connectivity index (χ1v) is 12.4. The van der Waals surface area contributed by atoms with Gasteiger partial charge >= 0.3 is 0 Å². The zero-order valence-electron chi connectivity index (χ0n) is 19.9. The Morgan fingerprint density at radius 3 is 2.82 bits per heavy atom. The van der Waals surface area contributed by atoms with E-state index in [2.05, 4.69) is 63.6 Å². The summed E-state index contributed by atoms with van der Waals surface area (Å²) in [6, 6.07) is 15.8.